The Balaban J connectivity index is 2.42. The SMILES string of the molecule is CN(Cc1cnc2cccnc2c1Cl)C(=O)O. The van der Waals surface area contributed by atoms with E-state index in [9.17, 15) is 4.79 Å². The lowest BCUT2D eigenvalue weighted by atomic mass is 10.2. The molecule has 0 aliphatic carbocycles. The molecule has 1 amide bonds. The van der Waals surface area contributed by atoms with Crippen molar-refractivity contribution in [3.8, 4) is 0 Å². The monoisotopic (exact) mass is 251 g/mol. The van der Waals surface area contributed by atoms with Crippen molar-refractivity contribution in [2.24, 2.45) is 0 Å². The van der Waals surface area contributed by atoms with Crippen LogP contribution in [-0.4, -0.2) is 33.1 Å². The average Bonchev–Trinajstić information content (AvgIpc) is 2.33. The summed E-state index contributed by atoms with van der Waals surface area (Å²) in [6, 6.07) is 3.58. The first-order valence-electron chi connectivity index (χ1n) is 4.91. The summed E-state index contributed by atoms with van der Waals surface area (Å²) in [6.07, 6.45) is 2.19. The normalized spacial score (nSPS) is 10.5. The van der Waals surface area contributed by atoms with Gasteiger partial charge in [0.15, 0.2) is 0 Å². The molecule has 0 saturated heterocycles. The molecule has 0 saturated carbocycles. The number of aromatic nitrogens is 2. The predicted octanol–water partition coefficient (Wildman–Crippen LogP) is 2.39. The van der Waals surface area contributed by atoms with Crippen LogP contribution in [-0.2, 0) is 6.54 Å². The standard InChI is InChI=1S/C11H10ClN3O2/c1-15(11(16)17)6-7-5-14-8-3-2-4-13-10(8)9(7)12/h2-5H,6H2,1H3,(H,16,17). The molecule has 2 aromatic rings. The Kier molecular flexibility index (Phi) is 3.10. The van der Waals surface area contributed by atoms with E-state index in [2.05, 4.69) is 9.97 Å². The highest BCUT2D eigenvalue weighted by atomic mass is 35.5. The zero-order valence-electron chi connectivity index (χ0n) is 9.09. The predicted molar refractivity (Wildman–Crippen MR) is 64.0 cm³/mol. The summed E-state index contributed by atoms with van der Waals surface area (Å²) in [5.41, 5.74) is 1.92. The van der Waals surface area contributed by atoms with Crippen molar-refractivity contribution >= 4 is 28.7 Å². The van der Waals surface area contributed by atoms with Crippen molar-refractivity contribution in [1.29, 1.82) is 0 Å². The Morgan fingerprint density at radius 2 is 2.29 bits per heavy atom. The van der Waals surface area contributed by atoms with Gasteiger partial charge < -0.3 is 10.0 Å². The zero-order chi connectivity index (χ0) is 12.4. The fraction of sp³-hybridized carbons (Fsp3) is 0.182. The van der Waals surface area contributed by atoms with Crippen molar-refractivity contribution in [1.82, 2.24) is 14.9 Å². The molecule has 17 heavy (non-hydrogen) atoms. The Morgan fingerprint density at radius 1 is 1.53 bits per heavy atom. The lowest BCUT2D eigenvalue weighted by Gasteiger charge is -2.14. The topological polar surface area (TPSA) is 66.3 Å². The van der Waals surface area contributed by atoms with Crippen molar-refractivity contribution in [2.75, 3.05) is 7.05 Å². The molecule has 0 fully saturated rings. The third-order valence-corrected chi connectivity index (χ3v) is 2.79. The first-order valence-corrected chi connectivity index (χ1v) is 5.29. The first-order chi connectivity index (χ1) is 8.09. The van der Waals surface area contributed by atoms with Gasteiger partial charge in [-0.2, -0.15) is 0 Å². The number of hydrogen-bond acceptors (Lipinski definition) is 3. The van der Waals surface area contributed by atoms with Crippen LogP contribution in [0, 0.1) is 0 Å². The van der Waals surface area contributed by atoms with E-state index in [4.69, 9.17) is 16.7 Å². The van der Waals surface area contributed by atoms with Gasteiger partial charge in [0.25, 0.3) is 0 Å². The van der Waals surface area contributed by atoms with Gasteiger partial charge >= 0.3 is 6.09 Å². The highest BCUT2D eigenvalue weighted by Crippen LogP contribution is 2.24. The minimum Gasteiger partial charge on any atom is -0.465 e. The van der Waals surface area contributed by atoms with Gasteiger partial charge in [-0.25, -0.2) is 4.79 Å². The van der Waals surface area contributed by atoms with Crippen LogP contribution in [0.4, 0.5) is 4.79 Å². The highest BCUT2D eigenvalue weighted by molar-refractivity contribution is 6.35. The van der Waals surface area contributed by atoms with Crippen LogP contribution in [0.3, 0.4) is 0 Å². The minimum atomic E-state index is -1.01. The molecule has 1 N–H and O–H groups in total. The molecule has 2 heterocycles. The smallest absolute Gasteiger partial charge is 0.407 e. The summed E-state index contributed by atoms with van der Waals surface area (Å²) in [6.45, 7) is 0.188. The largest absolute Gasteiger partial charge is 0.465 e. The number of carbonyl (C=O) groups is 1. The Hall–Kier alpha value is -1.88. The number of amides is 1. The van der Waals surface area contributed by atoms with Crippen molar-refractivity contribution in [2.45, 2.75) is 6.54 Å². The Labute approximate surface area is 103 Å². The van der Waals surface area contributed by atoms with Crippen LogP contribution >= 0.6 is 11.6 Å². The summed E-state index contributed by atoms with van der Waals surface area (Å²) >= 11 is 6.17. The third-order valence-electron chi connectivity index (χ3n) is 2.37. The molecular formula is C11H10ClN3O2. The number of halogens is 1. The summed E-state index contributed by atoms with van der Waals surface area (Å²) in [4.78, 5) is 20.2. The summed E-state index contributed by atoms with van der Waals surface area (Å²) in [7, 11) is 1.47. The molecule has 0 radical (unpaired) electrons. The van der Waals surface area contributed by atoms with Crippen LogP contribution in [0.15, 0.2) is 24.5 Å². The fourth-order valence-corrected chi connectivity index (χ4v) is 1.71. The summed E-state index contributed by atoms with van der Waals surface area (Å²) < 4.78 is 0. The average molecular weight is 252 g/mol. The first kappa shape index (κ1) is 11.6. The Morgan fingerprint density at radius 3 is 3.00 bits per heavy atom. The second-order valence-electron chi connectivity index (χ2n) is 3.61. The molecule has 0 bridgehead atoms. The molecule has 2 aromatic heterocycles. The van der Waals surface area contributed by atoms with E-state index in [0.717, 1.165) is 4.90 Å². The van der Waals surface area contributed by atoms with Gasteiger partial charge in [-0.15, -0.1) is 0 Å². The van der Waals surface area contributed by atoms with Crippen LogP contribution in [0.2, 0.25) is 5.02 Å². The van der Waals surface area contributed by atoms with Crippen molar-refractivity contribution < 1.29 is 9.90 Å². The van der Waals surface area contributed by atoms with Gasteiger partial charge in [-0.05, 0) is 12.1 Å². The van der Waals surface area contributed by atoms with Gasteiger partial charge in [0.2, 0.25) is 0 Å². The van der Waals surface area contributed by atoms with E-state index < -0.39 is 6.09 Å². The van der Waals surface area contributed by atoms with Gasteiger partial charge in [-0.1, -0.05) is 11.6 Å². The maximum atomic E-state index is 10.7. The maximum absolute atomic E-state index is 10.7. The lowest BCUT2D eigenvalue weighted by Crippen LogP contribution is -2.24. The van der Waals surface area contributed by atoms with Crippen LogP contribution < -0.4 is 0 Å². The van der Waals surface area contributed by atoms with Gasteiger partial charge in [0.1, 0.15) is 5.52 Å². The number of carboxylic acid groups (broad SMARTS) is 1. The van der Waals surface area contributed by atoms with E-state index in [1.54, 1.807) is 24.5 Å². The number of nitrogens with zero attached hydrogens (tertiary/aromatic N) is 3. The zero-order valence-corrected chi connectivity index (χ0v) is 9.85. The van der Waals surface area contributed by atoms with E-state index in [-0.39, 0.29) is 6.54 Å². The molecule has 88 valence electrons. The van der Waals surface area contributed by atoms with E-state index in [0.29, 0.717) is 21.6 Å². The second kappa shape index (κ2) is 4.55. The number of hydrogen-bond donors (Lipinski definition) is 1. The molecule has 0 aromatic carbocycles. The van der Waals surface area contributed by atoms with Crippen molar-refractivity contribution in [3.63, 3.8) is 0 Å². The molecule has 5 nitrogen and oxygen atoms in total. The van der Waals surface area contributed by atoms with Crippen LogP contribution in [0.25, 0.3) is 11.0 Å². The maximum Gasteiger partial charge on any atom is 0.407 e. The van der Waals surface area contributed by atoms with Crippen LogP contribution in [0.1, 0.15) is 5.56 Å². The summed E-state index contributed by atoms with van der Waals surface area (Å²) in [5.74, 6) is 0. The molecule has 6 heteroatoms. The Bertz CT molecular complexity index is 574. The van der Waals surface area contributed by atoms with Crippen LogP contribution in [0.5, 0.6) is 0 Å². The molecule has 0 aliphatic heterocycles. The third kappa shape index (κ3) is 2.29. The summed E-state index contributed by atoms with van der Waals surface area (Å²) in [5, 5.41) is 9.24. The minimum absolute atomic E-state index is 0.188. The molecule has 0 unspecified atom stereocenters. The van der Waals surface area contributed by atoms with E-state index in [1.165, 1.54) is 7.05 Å². The van der Waals surface area contributed by atoms with E-state index >= 15 is 0 Å². The highest BCUT2D eigenvalue weighted by Gasteiger charge is 2.12. The lowest BCUT2D eigenvalue weighted by molar-refractivity contribution is 0.153. The number of fused-ring (bicyclic) bond motifs is 1. The van der Waals surface area contributed by atoms with E-state index in [1.807, 2.05) is 0 Å². The number of rotatable bonds is 2. The number of pyridine rings is 2. The van der Waals surface area contributed by atoms with Gasteiger partial charge in [-0.3, -0.25) is 9.97 Å². The molecular weight excluding hydrogens is 242 g/mol. The van der Waals surface area contributed by atoms with Gasteiger partial charge in [0, 0.05) is 25.0 Å². The van der Waals surface area contributed by atoms with Gasteiger partial charge in [0.05, 0.1) is 17.1 Å². The molecule has 0 aliphatic rings. The molecule has 2 rings (SSSR count). The van der Waals surface area contributed by atoms with Crippen molar-refractivity contribution in [3.05, 3.63) is 35.1 Å². The molecule has 0 atom stereocenters. The quantitative estimate of drug-likeness (QED) is 0.890. The molecule has 0 spiro atoms. The fourth-order valence-electron chi connectivity index (χ4n) is 1.46. The second-order valence-corrected chi connectivity index (χ2v) is 3.99.